The van der Waals surface area contributed by atoms with Gasteiger partial charge in [0.05, 0.1) is 0 Å². The van der Waals surface area contributed by atoms with E-state index in [1.165, 1.54) is 5.56 Å². The van der Waals surface area contributed by atoms with Crippen molar-refractivity contribution in [1.29, 1.82) is 0 Å². The van der Waals surface area contributed by atoms with E-state index in [2.05, 4.69) is 26.5 Å². The maximum absolute atomic E-state index is 10.2. The van der Waals surface area contributed by atoms with Gasteiger partial charge in [-0.15, -0.1) is 6.58 Å². The molecule has 0 aliphatic heterocycles. The summed E-state index contributed by atoms with van der Waals surface area (Å²) in [7, 11) is 0. The lowest BCUT2D eigenvalue weighted by molar-refractivity contribution is 0.475. The van der Waals surface area contributed by atoms with Crippen molar-refractivity contribution in [3.05, 3.63) is 53.6 Å². The van der Waals surface area contributed by atoms with Gasteiger partial charge in [-0.25, -0.2) is 0 Å². The Hall–Kier alpha value is -1.76. The molecule has 2 aromatic rings. The van der Waals surface area contributed by atoms with E-state index in [-0.39, 0.29) is 0 Å². The summed E-state index contributed by atoms with van der Waals surface area (Å²) in [6.07, 6.45) is 2.54. The minimum absolute atomic E-state index is 0.401. The van der Waals surface area contributed by atoms with E-state index in [0.29, 0.717) is 12.2 Å². The Morgan fingerprint density at radius 1 is 1.12 bits per heavy atom. The normalized spacial score (nSPS) is 10.6. The number of benzene rings is 2. The molecule has 1 N–H and O–H groups in total. The van der Waals surface area contributed by atoms with Gasteiger partial charge in [0.1, 0.15) is 5.75 Å². The standard InChI is InChI=1S/C15H16O/c1-4-7-13-11(3)10(2)12-8-5-6-9-14(12)15(13)16/h4-6,8-9,16H,1,7H2,2-3H3. The molecule has 1 heteroatoms. The number of aryl methyl sites for hydroxylation is 1. The molecular formula is C15H16O. The van der Waals surface area contributed by atoms with Crippen LogP contribution in [0, 0.1) is 13.8 Å². The Kier molecular flexibility index (Phi) is 2.69. The van der Waals surface area contributed by atoms with Crippen LogP contribution < -0.4 is 0 Å². The zero-order chi connectivity index (χ0) is 11.7. The zero-order valence-electron chi connectivity index (χ0n) is 9.75. The Bertz CT molecular complexity index is 553. The molecule has 0 aromatic heterocycles. The summed E-state index contributed by atoms with van der Waals surface area (Å²) in [5, 5.41) is 12.3. The summed E-state index contributed by atoms with van der Waals surface area (Å²) in [4.78, 5) is 0. The average molecular weight is 212 g/mol. The highest BCUT2D eigenvalue weighted by molar-refractivity contribution is 5.93. The third kappa shape index (κ3) is 1.49. The fourth-order valence-electron chi connectivity index (χ4n) is 2.18. The molecule has 0 saturated carbocycles. The van der Waals surface area contributed by atoms with Crippen LogP contribution in [0.15, 0.2) is 36.9 Å². The molecule has 82 valence electrons. The van der Waals surface area contributed by atoms with Gasteiger partial charge in [0, 0.05) is 10.9 Å². The Morgan fingerprint density at radius 3 is 2.38 bits per heavy atom. The number of phenolic OH excluding ortho intramolecular Hbond substituents is 1. The van der Waals surface area contributed by atoms with Crippen molar-refractivity contribution in [1.82, 2.24) is 0 Å². The predicted octanol–water partition coefficient (Wildman–Crippen LogP) is 3.89. The summed E-state index contributed by atoms with van der Waals surface area (Å²) in [6, 6.07) is 7.97. The molecule has 0 fully saturated rings. The maximum Gasteiger partial charge on any atom is 0.127 e. The molecule has 2 rings (SSSR count). The third-order valence-electron chi connectivity index (χ3n) is 3.24. The lowest BCUT2D eigenvalue weighted by Crippen LogP contribution is -1.94. The first-order valence-electron chi connectivity index (χ1n) is 5.47. The number of fused-ring (bicyclic) bond motifs is 1. The van der Waals surface area contributed by atoms with E-state index in [4.69, 9.17) is 0 Å². The molecule has 0 atom stereocenters. The molecule has 0 saturated heterocycles. The summed E-state index contributed by atoms with van der Waals surface area (Å²) in [5.41, 5.74) is 3.40. The summed E-state index contributed by atoms with van der Waals surface area (Å²) in [6.45, 7) is 7.89. The first kappa shape index (κ1) is 10.7. The van der Waals surface area contributed by atoms with Crippen LogP contribution in [0.4, 0.5) is 0 Å². The van der Waals surface area contributed by atoms with Crippen LogP contribution in [0.3, 0.4) is 0 Å². The molecule has 0 unspecified atom stereocenters. The fourth-order valence-corrected chi connectivity index (χ4v) is 2.18. The van der Waals surface area contributed by atoms with E-state index < -0.39 is 0 Å². The first-order chi connectivity index (χ1) is 7.66. The van der Waals surface area contributed by atoms with Crippen molar-refractivity contribution < 1.29 is 5.11 Å². The van der Waals surface area contributed by atoms with Gasteiger partial charge in [0.2, 0.25) is 0 Å². The molecule has 2 aromatic carbocycles. The minimum atomic E-state index is 0.401. The molecule has 0 bridgehead atoms. The van der Waals surface area contributed by atoms with Crippen molar-refractivity contribution in [2.75, 3.05) is 0 Å². The number of aromatic hydroxyl groups is 1. The topological polar surface area (TPSA) is 20.2 Å². The number of rotatable bonds is 2. The van der Waals surface area contributed by atoms with Gasteiger partial charge in [-0.1, -0.05) is 30.3 Å². The van der Waals surface area contributed by atoms with E-state index in [1.54, 1.807) is 0 Å². The van der Waals surface area contributed by atoms with Gasteiger partial charge in [-0.2, -0.15) is 0 Å². The molecule has 0 aliphatic carbocycles. The zero-order valence-corrected chi connectivity index (χ0v) is 9.75. The molecule has 0 spiro atoms. The van der Waals surface area contributed by atoms with Crippen molar-refractivity contribution in [2.45, 2.75) is 20.3 Å². The lowest BCUT2D eigenvalue weighted by atomic mass is 9.93. The average Bonchev–Trinajstić information content (AvgIpc) is 2.32. The highest BCUT2D eigenvalue weighted by atomic mass is 16.3. The summed E-state index contributed by atoms with van der Waals surface area (Å²) in [5.74, 6) is 0.401. The summed E-state index contributed by atoms with van der Waals surface area (Å²) < 4.78 is 0. The third-order valence-corrected chi connectivity index (χ3v) is 3.24. The maximum atomic E-state index is 10.2. The molecule has 0 radical (unpaired) electrons. The van der Waals surface area contributed by atoms with E-state index in [9.17, 15) is 5.11 Å². The van der Waals surface area contributed by atoms with Crippen LogP contribution in [-0.4, -0.2) is 5.11 Å². The Labute approximate surface area is 96.0 Å². The van der Waals surface area contributed by atoms with Crippen LogP contribution in [0.5, 0.6) is 5.75 Å². The number of hydrogen-bond donors (Lipinski definition) is 1. The van der Waals surface area contributed by atoms with Crippen LogP contribution in [-0.2, 0) is 6.42 Å². The first-order valence-corrected chi connectivity index (χ1v) is 5.47. The SMILES string of the molecule is C=CCc1c(C)c(C)c2ccccc2c1O. The second-order valence-corrected chi connectivity index (χ2v) is 4.12. The van der Waals surface area contributed by atoms with Gasteiger partial charge in [0.15, 0.2) is 0 Å². The van der Waals surface area contributed by atoms with Crippen molar-refractivity contribution in [2.24, 2.45) is 0 Å². The lowest BCUT2D eigenvalue weighted by Gasteiger charge is -2.14. The molecule has 16 heavy (non-hydrogen) atoms. The van der Waals surface area contributed by atoms with Gasteiger partial charge in [-0.3, -0.25) is 0 Å². The van der Waals surface area contributed by atoms with Gasteiger partial charge in [0.25, 0.3) is 0 Å². The highest BCUT2D eigenvalue weighted by Crippen LogP contribution is 2.34. The summed E-state index contributed by atoms with van der Waals surface area (Å²) >= 11 is 0. The number of allylic oxidation sites excluding steroid dienone is 1. The predicted molar refractivity (Wildman–Crippen MR) is 69.0 cm³/mol. The second-order valence-electron chi connectivity index (χ2n) is 4.12. The molecule has 1 nitrogen and oxygen atoms in total. The van der Waals surface area contributed by atoms with Gasteiger partial charge >= 0.3 is 0 Å². The molecule has 0 heterocycles. The van der Waals surface area contributed by atoms with Crippen LogP contribution in [0.2, 0.25) is 0 Å². The van der Waals surface area contributed by atoms with Crippen LogP contribution in [0.1, 0.15) is 16.7 Å². The monoisotopic (exact) mass is 212 g/mol. The van der Waals surface area contributed by atoms with Crippen molar-refractivity contribution in [3.63, 3.8) is 0 Å². The molecule has 0 amide bonds. The van der Waals surface area contributed by atoms with Crippen molar-refractivity contribution in [3.8, 4) is 5.75 Å². The second kappa shape index (κ2) is 4.01. The van der Waals surface area contributed by atoms with E-state index in [1.807, 2.05) is 24.3 Å². The Morgan fingerprint density at radius 2 is 1.75 bits per heavy atom. The molecule has 0 aliphatic rings. The minimum Gasteiger partial charge on any atom is -0.507 e. The Balaban J connectivity index is 2.88. The fraction of sp³-hybridized carbons (Fsp3) is 0.200. The number of phenols is 1. The number of hydrogen-bond acceptors (Lipinski definition) is 1. The van der Waals surface area contributed by atoms with Crippen molar-refractivity contribution >= 4 is 10.8 Å². The van der Waals surface area contributed by atoms with E-state index in [0.717, 1.165) is 21.9 Å². The van der Waals surface area contributed by atoms with Gasteiger partial charge < -0.3 is 5.11 Å². The van der Waals surface area contributed by atoms with Crippen LogP contribution in [0.25, 0.3) is 10.8 Å². The quantitative estimate of drug-likeness (QED) is 0.749. The largest absolute Gasteiger partial charge is 0.507 e. The smallest absolute Gasteiger partial charge is 0.127 e. The van der Waals surface area contributed by atoms with Crippen LogP contribution >= 0.6 is 0 Å². The van der Waals surface area contributed by atoms with Gasteiger partial charge in [-0.05, 0) is 36.8 Å². The highest BCUT2D eigenvalue weighted by Gasteiger charge is 2.12. The van der Waals surface area contributed by atoms with E-state index >= 15 is 0 Å². The molecular weight excluding hydrogens is 196 g/mol.